The van der Waals surface area contributed by atoms with Crippen molar-refractivity contribution in [3.05, 3.63) is 35.2 Å². The van der Waals surface area contributed by atoms with E-state index in [9.17, 15) is 0 Å². The van der Waals surface area contributed by atoms with Crippen LogP contribution < -0.4 is 5.32 Å². The summed E-state index contributed by atoms with van der Waals surface area (Å²) in [7, 11) is 0. The summed E-state index contributed by atoms with van der Waals surface area (Å²) in [6, 6.07) is 6.42. The average Bonchev–Trinajstić information content (AvgIpc) is 2.94. The van der Waals surface area contributed by atoms with Crippen molar-refractivity contribution in [2.45, 2.75) is 46.6 Å². The van der Waals surface area contributed by atoms with Gasteiger partial charge in [0.05, 0.1) is 12.2 Å². The van der Waals surface area contributed by atoms with Crippen LogP contribution in [0.15, 0.2) is 18.2 Å². The van der Waals surface area contributed by atoms with Crippen LogP contribution in [0.25, 0.3) is 5.69 Å². The van der Waals surface area contributed by atoms with Gasteiger partial charge in [0.25, 0.3) is 0 Å². The molecule has 0 aliphatic heterocycles. The maximum atomic E-state index is 4.20. The van der Waals surface area contributed by atoms with Crippen LogP contribution in [-0.2, 0) is 19.4 Å². The van der Waals surface area contributed by atoms with Gasteiger partial charge in [-0.1, -0.05) is 39.0 Å². The first kappa shape index (κ1) is 14.7. The maximum Gasteiger partial charge on any atom is 0.170 e. The highest BCUT2D eigenvalue weighted by Crippen LogP contribution is 2.21. The van der Waals surface area contributed by atoms with Crippen LogP contribution in [-0.4, -0.2) is 26.8 Å². The van der Waals surface area contributed by atoms with Crippen LogP contribution in [0.4, 0.5) is 0 Å². The molecule has 0 radical (unpaired) electrons. The summed E-state index contributed by atoms with van der Waals surface area (Å²) in [5.41, 5.74) is 3.72. The molecular weight excluding hydrogens is 250 g/mol. The highest BCUT2D eigenvalue weighted by Gasteiger charge is 2.14. The smallest absolute Gasteiger partial charge is 0.170 e. The minimum absolute atomic E-state index is 0.696. The Hall–Kier alpha value is -1.75. The first-order valence-corrected chi connectivity index (χ1v) is 7.40. The third-order valence-electron chi connectivity index (χ3n) is 3.42. The largest absolute Gasteiger partial charge is 0.310 e. The van der Waals surface area contributed by atoms with E-state index in [-0.39, 0.29) is 0 Å². The van der Waals surface area contributed by atoms with E-state index in [0.29, 0.717) is 6.54 Å². The van der Waals surface area contributed by atoms with Gasteiger partial charge < -0.3 is 5.32 Å². The Morgan fingerprint density at radius 1 is 1.10 bits per heavy atom. The molecule has 108 valence electrons. The Morgan fingerprint density at radius 2 is 1.80 bits per heavy atom. The number of para-hydroxylation sites is 1. The zero-order valence-electron chi connectivity index (χ0n) is 12.6. The highest BCUT2D eigenvalue weighted by atomic mass is 15.5. The summed E-state index contributed by atoms with van der Waals surface area (Å²) < 4.78 is 1.89. The molecule has 0 saturated heterocycles. The fraction of sp³-hybridized carbons (Fsp3) is 0.533. The average molecular weight is 273 g/mol. The zero-order chi connectivity index (χ0) is 14.4. The van der Waals surface area contributed by atoms with Crippen LogP contribution in [0.5, 0.6) is 0 Å². The molecule has 0 atom stereocenters. The Morgan fingerprint density at radius 3 is 2.40 bits per heavy atom. The predicted octanol–water partition coefficient (Wildman–Crippen LogP) is 2.29. The lowest BCUT2D eigenvalue weighted by molar-refractivity contribution is 0.630. The molecule has 1 aromatic heterocycles. The summed E-state index contributed by atoms with van der Waals surface area (Å²) in [6.07, 6.45) is 3.06. The van der Waals surface area contributed by atoms with Crippen LogP contribution in [0.1, 0.15) is 44.1 Å². The minimum Gasteiger partial charge on any atom is -0.310 e. The van der Waals surface area contributed by atoms with Gasteiger partial charge in [-0.3, -0.25) is 0 Å². The standard InChI is InChI=1S/C15H23N5/c1-4-10-16-11-14-17-18-19-20(14)15-12(5-2)8-7-9-13(15)6-3/h7-9,16H,4-6,10-11H2,1-3H3. The number of aromatic nitrogens is 4. The van der Waals surface area contributed by atoms with Crippen molar-refractivity contribution < 1.29 is 0 Å². The molecule has 0 unspecified atom stereocenters. The summed E-state index contributed by atoms with van der Waals surface area (Å²) in [4.78, 5) is 0. The molecule has 5 heteroatoms. The van der Waals surface area contributed by atoms with Gasteiger partial charge in [-0.15, -0.1) is 5.10 Å². The lowest BCUT2D eigenvalue weighted by Crippen LogP contribution is -2.18. The van der Waals surface area contributed by atoms with E-state index in [1.54, 1.807) is 0 Å². The van der Waals surface area contributed by atoms with Crippen LogP contribution >= 0.6 is 0 Å². The molecular formula is C15H23N5. The lowest BCUT2D eigenvalue weighted by Gasteiger charge is -2.14. The van der Waals surface area contributed by atoms with Gasteiger partial charge in [-0.05, 0) is 47.4 Å². The lowest BCUT2D eigenvalue weighted by atomic mass is 10.0. The summed E-state index contributed by atoms with van der Waals surface area (Å²) >= 11 is 0. The number of hydrogen-bond acceptors (Lipinski definition) is 4. The van der Waals surface area contributed by atoms with Crippen LogP contribution in [0, 0.1) is 0 Å². The van der Waals surface area contributed by atoms with E-state index in [0.717, 1.165) is 37.3 Å². The Kier molecular flexibility index (Phi) is 5.24. The SMILES string of the molecule is CCCNCc1nnnn1-c1c(CC)cccc1CC. The minimum atomic E-state index is 0.696. The third-order valence-corrected chi connectivity index (χ3v) is 3.42. The first-order chi connectivity index (χ1) is 9.81. The van der Waals surface area contributed by atoms with Gasteiger partial charge in [0, 0.05) is 0 Å². The fourth-order valence-corrected chi connectivity index (χ4v) is 2.35. The van der Waals surface area contributed by atoms with E-state index in [4.69, 9.17) is 0 Å². The maximum absolute atomic E-state index is 4.20. The second-order valence-electron chi connectivity index (χ2n) is 4.82. The van der Waals surface area contributed by atoms with Crippen molar-refractivity contribution in [1.82, 2.24) is 25.5 Å². The molecule has 0 aliphatic carbocycles. The van der Waals surface area contributed by atoms with Crippen LogP contribution in [0.2, 0.25) is 0 Å². The number of nitrogens with one attached hydrogen (secondary N) is 1. The number of tetrazole rings is 1. The quantitative estimate of drug-likeness (QED) is 0.786. The van der Waals surface area contributed by atoms with Gasteiger partial charge in [0.1, 0.15) is 0 Å². The van der Waals surface area contributed by atoms with Gasteiger partial charge in [-0.2, -0.15) is 4.68 Å². The predicted molar refractivity (Wildman–Crippen MR) is 79.9 cm³/mol. The summed E-state index contributed by atoms with van der Waals surface area (Å²) in [5, 5.41) is 15.6. The number of benzene rings is 1. The zero-order valence-corrected chi connectivity index (χ0v) is 12.6. The van der Waals surface area contributed by atoms with Crippen molar-refractivity contribution in [1.29, 1.82) is 0 Å². The Bertz CT molecular complexity index is 525. The third kappa shape index (κ3) is 3.04. The molecule has 2 aromatic rings. The molecule has 0 spiro atoms. The van der Waals surface area contributed by atoms with Gasteiger partial charge >= 0.3 is 0 Å². The molecule has 0 fully saturated rings. The van der Waals surface area contributed by atoms with E-state index < -0.39 is 0 Å². The van der Waals surface area contributed by atoms with Crippen LogP contribution in [0.3, 0.4) is 0 Å². The number of hydrogen-bond donors (Lipinski definition) is 1. The van der Waals surface area contributed by atoms with Crippen molar-refractivity contribution in [3.8, 4) is 5.69 Å². The topological polar surface area (TPSA) is 55.6 Å². The van der Waals surface area contributed by atoms with E-state index in [2.05, 4.69) is 59.8 Å². The Labute approximate surface area is 120 Å². The Balaban J connectivity index is 2.38. The highest BCUT2D eigenvalue weighted by molar-refractivity contribution is 5.48. The molecule has 0 amide bonds. The second kappa shape index (κ2) is 7.14. The number of nitrogens with zero attached hydrogens (tertiary/aromatic N) is 4. The van der Waals surface area contributed by atoms with Gasteiger partial charge in [0.15, 0.2) is 5.82 Å². The van der Waals surface area contributed by atoms with Crippen molar-refractivity contribution in [2.75, 3.05) is 6.54 Å². The normalized spacial score (nSPS) is 10.9. The van der Waals surface area contributed by atoms with Crippen molar-refractivity contribution in [3.63, 3.8) is 0 Å². The fourth-order valence-electron chi connectivity index (χ4n) is 2.35. The number of aryl methyl sites for hydroxylation is 2. The molecule has 1 N–H and O–H groups in total. The van der Waals surface area contributed by atoms with E-state index in [1.165, 1.54) is 11.1 Å². The molecule has 0 bridgehead atoms. The van der Waals surface area contributed by atoms with Gasteiger partial charge in [-0.25, -0.2) is 0 Å². The molecule has 0 aliphatic rings. The van der Waals surface area contributed by atoms with E-state index in [1.807, 2.05) is 4.68 Å². The second-order valence-corrected chi connectivity index (χ2v) is 4.82. The molecule has 5 nitrogen and oxygen atoms in total. The molecule has 1 aromatic carbocycles. The monoisotopic (exact) mass is 273 g/mol. The number of rotatable bonds is 7. The van der Waals surface area contributed by atoms with Crippen molar-refractivity contribution >= 4 is 0 Å². The summed E-state index contributed by atoms with van der Waals surface area (Å²) in [5.74, 6) is 0.869. The summed E-state index contributed by atoms with van der Waals surface area (Å²) in [6.45, 7) is 8.15. The first-order valence-electron chi connectivity index (χ1n) is 7.40. The molecule has 2 rings (SSSR count). The van der Waals surface area contributed by atoms with Gasteiger partial charge in [0.2, 0.25) is 0 Å². The molecule has 0 saturated carbocycles. The van der Waals surface area contributed by atoms with E-state index >= 15 is 0 Å². The molecule has 20 heavy (non-hydrogen) atoms. The molecule has 1 heterocycles. The van der Waals surface area contributed by atoms with Crippen molar-refractivity contribution in [2.24, 2.45) is 0 Å².